The number of methoxy groups -OCH3 is 1. The fraction of sp³-hybridized carbons (Fsp3) is 0.217. The molecule has 154 valence electrons. The molecular weight excluding hydrogens is 386 g/mol. The maximum atomic E-state index is 14.2. The van der Waals surface area contributed by atoms with Crippen molar-refractivity contribution < 1.29 is 13.5 Å². The number of nitrogen functional groups attached to an aromatic ring is 1. The predicted molar refractivity (Wildman–Crippen MR) is 114 cm³/mol. The summed E-state index contributed by atoms with van der Waals surface area (Å²) >= 11 is 0. The quantitative estimate of drug-likeness (QED) is 0.617. The number of hydrogen-bond acceptors (Lipinski definition) is 4. The first-order chi connectivity index (χ1) is 14.5. The van der Waals surface area contributed by atoms with Crippen molar-refractivity contribution in [2.24, 2.45) is 0 Å². The standard InChI is InChI=1S/C23H22F2N4O/c1-4-6-14-8-16(7-13(14)5-2)29-11-17(20-22(26)27-12-28-23(20)29)15-9-18(24)21(25)19(10-15)30-3/h4-6,9-12,16H,2,7-8H2,1,3H3,(H2,26,27,28)/b6-4-. The molecule has 2 heterocycles. The lowest BCUT2D eigenvalue weighted by atomic mass is 10.1. The Morgan fingerprint density at radius 2 is 2.00 bits per heavy atom. The van der Waals surface area contributed by atoms with Crippen molar-refractivity contribution in [2.75, 3.05) is 12.8 Å². The monoisotopic (exact) mass is 408 g/mol. The van der Waals surface area contributed by atoms with Crippen molar-refractivity contribution in [1.29, 1.82) is 0 Å². The molecule has 2 aromatic heterocycles. The molecule has 0 amide bonds. The van der Waals surface area contributed by atoms with Crippen molar-refractivity contribution >= 4 is 16.9 Å². The number of allylic oxidation sites excluding steroid dienone is 5. The Bertz CT molecular complexity index is 1210. The summed E-state index contributed by atoms with van der Waals surface area (Å²) in [5.41, 5.74) is 10.3. The Hall–Kier alpha value is -3.48. The van der Waals surface area contributed by atoms with Crippen LogP contribution in [0.15, 0.2) is 60.6 Å². The molecular formula is C23H22F2N4O. The number of nitrogens with two attached hydrogens (primary N) is 1. The first-order valence-corrected chi connectivity index (χ1v) is 9.60. The van der Waals surface area contributed by atoms with Gasteiger partial charge >= 0.3 is 0 Å². The summed E-state index contributed by atoms with van der Waals surface area (Å²) in [5, 5.41) is 0.602. The third-order valence-electron chi connectivity index (χ3n) is 5.50. The van der Waals surface area contributed by atoms with Crippen LogP contribution in [0.1, 0.15) is 25.8 Å². The Balaban J connectivity index is 1.89. The van der Waals surface area contributed by atoms with Gasteiger partial charge in [0.25, 0.3) is 0 Å². The van der Waals surface area contributed by atoms with Crippen LogP contribution in [-0.2, 0) is 0 Å². The summed E-state index contributed by atoms with van der Waals surface area (Å²) in [6.07, 6.45) is 10.9. The number of aromatic nitrogens is 3. The van der Waals surface area contributed by atoms with Crippen molar-refractivity contribution in [3.63, 3.8) is 0 Å². The van der Waals surface area contributed by atoms with Gasteiger partial charge in [0, 0.05) is 17.8 Å². The van der Waals surface area contributed by atoms with Crippen LogP contribution in [0.4, 0.5) is 14.6 Å². The molecule has 0 saturated carbocycles. The van der Waals surface area contributed by atoms with E-state index in [4.69, 9.17) is 10.5 Å². The number of ether oxygens (including phenoxy) is 1. The van der Waals surface area contributed by atoms with Crippen LogP contribution in [-0.4, -0.2) is 21.6 Å². The van der Waals surface area contributed by atoms with Gasteiger partial charge in [-0.05, 0) is 48.6 Å². The lowest BCUT2D eigenvalue weighted by molar-refractivity contribution is 0.372. The number of rotatable bonds is 5. The van der Waals surface area contributed by atoms with Crippen LogP contribution in [0.25, 0.3) is 22.2 Å². The maximum absolute atomic E-state index is 14.2. The molecule has 0 saturated heterocycles. The second-order valence-corrected chi connectivity index (χ2v) is 7.20. The van der Waals surface area contributed by atoms with Crippen LogP contribution >= 0.6 is 0 Å². The van der Waals surface area contributed by atoms with Crippen LogP contribution in [0, 0.1) is 11.6 Å². The molecule has 7 heteroatoms. The molecule has 1 aliphatic rings. The molecule has 5 nitrogen and oxygen atoms in total. The highest BCUT2D eigenvalue weighted by atomic mass is 19.2. The molecule has 30 heavy (non-hydrogen) atoms. The van der Waals surface area contributed by atoms with E-state index in [1.165, 1.54) is 30.6 Å². The molecule has 1 aromatic carbocycles. The lowest BCUT2D eigenvalue weighted by Crippen LogP contribution is -2.05. The maximum Gasteiger partial charge on any atom is 0.200 e. The Morgan fingerprint density at radius 1 is 1.23 bits per heavy atom. The molecule has 0 radical (unpaired) electrons. The molecule has 1 unspecified atom stereocenters. The van der Waals surface area contributed by atoms with Crippen molar-refractivity contribution in [3.05, 3.63) is 72.2 Å². The van der Waals surface area contributed by atoms with Crippen LogP contribution in [0.5, 0.6) is 5.75 Å². The average Bonchev–Trinajstić information content (AvgIpc) is 3.32. The predicted octanol–water partition coefficient (Wildman–Crippen LogP) is 5.36. The van der Waals surface area contributed by atoms with E-state index in [2.05, 4.69) is 22.6 Å². The SMILES string of the molecule is C=CC1=C(/C=C\C)CC(n2cc(-c3cc(F)c(F)c(OC)c3)c3c(N)ncnc32)C1. The fourth-order valence-electron chi connectivity index (χ4n) is 4.10. The van der Waals surface area contributed by atoms with E-state index in [0.29, 0.717) is 22.2 Å². The first kappa shape index (κ1) is 19.8. The van der Waals surface area contributed by atoms with Gasteiger partial charge in [-0.3, -0.25) is 0 Å². The van der Waals surface area contributed by atoms with Gasteiger partial charge in [0.1, 0.15) is 17.8 Å². The van der Waals surface area contributed by atoms with Gasteiger partial charge in [0.2, 0.25) is 5.82 Å². The highest BCUT2D eigenvalue weighted by Crippen LogP contribution is 2.42. The van der Waals surface area contributed by atoms with E-state index >= 15 is 0 Å². The molecule has 0 spiro atoms. The molecule has 0 fully saturated rings. The lowest BCUT2D eigenvalue weighted by Gasteiger charge is -2.13. The van der Waals surface area contributed by atoms with Crippen LogP contribution in [0.3, 0.4) is 0 Å². The summed E-state index contributed by atoms with van der Waals surface area (Å²) in [6, 6.07) is 2.69. The van der Waals surface area contributed by atoms with E-state index in [1.54, 1.807) is 0 Å². The highest BCUT2D eigenvalue weighted by Gasteiger charge is 2.27. The largest absolute Gasteiger partial charge is 0.494 e. The van der Waals surface area contributed by atoms with Crippen molar-refractivity contribution in [3.8, 4) is 16.9 Å². The molecule has 1 atom stereocenters. The second-order valence-electron chi connectivity index (χ2n) is 7.20. The second kappa shape index (κ2) is 7.74. The normalized spacial score (nSPS) is 16.7. The zero-order valence-corrected chi connectivity index (χ0v) is 16.8. The number of nitrogens with zero attached hydrogens (tertiary/aromatic N) is 3. The van der Waals surface area contributed by atoms with Crippen LogP contribution < -0.4 is 10.5 Å². The first-order valence-electron chi connectivity index (χ1n) is 9.60. The van der Waals surface area contributed by atoms with E-state index in [-0.39, 0.29) is 17.6 Å². The topological polar surface area (TPSA) is 66.0 Å². The fourth-order valence-corrected chi connectivity index (χ4v) is 4.10. The molecule has 0 bridgehead atoms. The van der Waals surface area contributed by atoms with Gasteiger partial charge in [0.05, 0.1) is 12.5 Å². The van der Waals surface area contributed by atoms with Crippen LogP contribution in [0.2, 0.25) is 0 Å². The Morgan fingerprint density at radius 3 is 2.70 bits per heavy atom. The number of halogens is 2. The molecule has 1 aliphatic carbocycles. The zero-order valence-electron chi connectivity index (χ0n) is 16.8. The summed E-state index contributed by atoms with van der Waals surface area (Å²) in [7, 11) is 1.30. The Labute approximate surface area is 173 Å². The molecule has 0 aliphatic heterocycles. The Kier molecular flexibility index (Phi) is 5.11. The van der Waals surface area contributed by atoms with E-state index < -0.39 is 11.6 Å². The number of anilines is 1. The van der Waals surface area contributed by atoms with Gasteiger partial charge in [-0.15, -0.1) is 0 Å². The minimum Gasteiger partial charge on any atom is -0.494 e. The molecule has 3 aromatic rings. The van der Waals surface area contributed by atoms with Crippen molar-refractivity contribution in [2.45, 2.75) is 25.8 Å². The summed E-state index contributed by atoms with van der Waals surface area (Å²) in [6.45, 7) is 5.91. The van der Waals surface area contributed by atoms with Gasteiger partial charge in [-0.1, -0.05) is 24.8 Å². The van der Waals surface area contributed by atoms with Crippen molar-refractivity contribution in [1.82, 2.24) is 14.5 Å². The zero-order chi connectivity index (χ0) is 21.4. The van der Waals surface area contributed by atoms with E-state index in [1.807, 2.05) is 29.8 Å². The average molecular weight is 408 g/mol. The highest BCUT2D eigenvalue weighted by molar-refractivity contribution is 6.00. The third kappa shape index (κ3) is 3.16. The van der Waals surface area contributed by atoms with Gasteiger partial charge in [-0.25, -0.2) is 14.4 Å². The van der Waals surface area contributed by atoms with E-state index in [0.717, 1.165) is 18.9 Å². The van der Waals surface area contributed by atoms with E-state index in [9.17, 15) is 8.78 Å². The number of fused-ring (bicyclic) bond motifs is 1. The molecule has 2 N–H and O–H groups in total. The van der Waals surface area contributed by atoms with Gasteiger partial charge < -0.3 is 15.0 Å². The minimum absolute atomic E-state index is 0.0990. The summed E-state index contributed by atoms with van der Waals surface area (Å²) in [4.78, 5) is 8.56. The molecule has 4 rings (SSSR count). The minimum atomic E-state index is -1.03. The smallest absolute Gasteiger partial charge is 0.200 e. The number of hydrogen-bond donors (Lipinski definition) is 1. The van der Waals surface area contributed by atoms with Gasteiger partial charge in [0.15, 0.2) is 11.6 Å². The van der Waals surface area contributed by atoms with Gasteiger partial charge in [-0.2, -0.15) is 4.39 Å². The summed E-state index contributed by atoms with van der Waals surface area (Å²) < 4.78 is 35.2. The summed E-state index contributed by atoms with van der Waals surface area (Å²) in [5.74, 6) is -1.91. The number of benzene rings is 1. The third-order valence-corrected chi connectivity index (χ3v) is 5.50.